The normalized spacial score (nSPS) is 10.4. The Kier molecular flexibility index (Phi) is 4.65. The maximum Gasteiger partial charge on any atom is 0.387 e. The van der Waals surface area contributed by atoms with Crippen LogP contribution in [-0.4, -0.2) is 14.8 Å². The van der Waals surface area contributed by atoms with E-state index < -0.39 is 7.82 Å². The lowest BCUT2D eigenvalue weighted by molar-refractivity contribution is -0.374. The molecule has 0 saturated heterocycles. The third kappa shape index (κ3) is 9.08. The Morgan fingerprint density at radius 3 is 2.29 bits per heavy atom. The first-order valence-electron chi connectivity index (χ1n) is 3.58. The summed E-state index contributed by atoms with van der Waals surface area (Å²) in [5, 5.41) is 0. The minimum atomic E-state index is -4.89. The van der Waals surface area contributed by atoms with Gasteiger partial charge in [-0.2, -0.15) is 0 Å². The Hall–Kier alpha value is -1.01. The second-order valence-electron chi connectivity index (χ2n) is 2.58. The summed E-state index contributed by atoms with van der Waals surface area (Å²) in [7, 11) is -4.89. The predicted molar refractivity (Wildman–Crippen MR) is 46.7 cm³/mol. The number of aromatic nitrogens is 2. The Labute approximate surface area is 80.9 Å². The molecule has 1 aromatic heterocycles. The van der Waals surface area contributed by atoms with Crippen LogP contribution in [0, 0.1) is 13.8 Å². The second-order valence-corrected chi connectivity index (χ2v) is 3.56. The average molecular weight is 221 g/mol. The summed E-state index contributed by atoms with van der Waals surface area (Å²) in [6, 6.07) is 1.94. The molecule has 0 fully saturated rings. The molecule has 0 aliphatic rings. The smallest absolute Gasteiger partial charge is 0.387 e. The first-order chi connectivity index (χ1) is 6.18. The first-order valence-corrected chi connectivity index (χ1v) is 5.11. The van der Waals surface area contributed by atoms with Gasteiger partial charge < -0.3 is 14.7 Å². The van der Waals surface area contributed by atoms with E-state index in [0.29, 0.717) is 5.95 Å². The standard InChI is InChI=1S/C6H9N3.H3O4P/c1-4-3-5(2)9-6(7)8-4;1-5(2,3)4/h3H,1-2H3,(H2,7,8,9);(H3,1,2,3,4). The van der Waals surface area contributed by atoms with Gasteiger partial charge in [-0.3, -0.25) is 10.3 Å². The van der Waals surface area contributed by atoms with Crippen LogP contribution in [0.25, 0.3) is 0 Å². The molecule has 8 heteroatoms. The number of rotatable bonds is 0. The summed E-state index contributed by atoms with van der Waals surface area (Å²) in [5.74, 6) is 0.479. The van der Waals surface area contributed by atoms with Crippen molar-refractivity contribution in [2.45, 2.75) is 13.8 Å². The van der Waals surface area contributed by atoms with Crippen molar-refractivity contribution in [2.75, 3.05) is 5.73 Å². The van der Waals surface area contributed by atoms with Gasteiger partial charge in [0.1, 0.15) is 5.69 Å². The molecule has 0 radical (unpaired) electrons. The van der Waals surface area contributed by atoms with E-state index in [1.807, 2.05) is 19.9 Å². The monoisotopic (exact) mass is 221 g/mol. The van der Waals surface area contributed by atoms with Gasteiger partial charge in [-0.05, 0) is 13.8 Å². The molecule has 0 atom stereocenters. The van der Waals surface area contributed by atoms with Gasteiger partial charge >= 0.3 is 5.95 Å². The molecule has 0 aliphatic heterocycles. The fourth-order valence-electron chi connectivity index (χ4n) is 0.802. The lowest BCUT2D eigenvalue weighted by Gasteiger charge is -2.01. The number of nitrogens with one attached hydrogen (secondary N) is 1. The number of aromatic amines is 1. The summed E-state index contributed by atoms with van der Waals surface area (Å²) >= 11 is 0. The maximum absolute atomic E-state index is 8.77. The molecular formula is C6H12N3O4P. The van der Waals surface area contributed by atoms with E-state index in [1.165, 1.54) is 0 Å². The van der Waals surface area contributed by atoms with E-state index in [1.54, 1.807) is 0 Å². The van der Waals surface area contributed by atoms with Crippen molar-refractivity contribution >= 4 is 13.8 Å². The van der Waals surface area contributed by atoms with Gasteiger partial charge in [0.05, 0.1) is 5.69 Å². The van der Waals surface area contributed by atoms with E-state index in [4.69, 9.17) is 25.0 Å². The molecule has 14 heavy (non-hydrogen) atoms. The molecule has 0 bridgehead atoms. The van der Waals surface area contributed by atoms with E-state index >= 15 is 0 Å². The molecule has 0 amide bonds. The van der Waals surface area contributed by atoms with Crippen molar-refractivity contribution in [3.63, 3.8) is 0 Å². The van der Waals surface area contributed by atoms with Gasteiger partial charge in [0.15, 0.2) is 0 Å². The number of nitrogen functional groups attached to an aromatic ring is 1. The number of anilines is 1. The molecule has 0 aliphatic carbocycles. The first kappa shape index (κ1) is 13.0. The van der Waals surface area contributed by atoms with Crippen LogP contribution < -0.4 is 15.6 Å². The van der Waals surface area contributed by atoms with Gasteiger partial charge in [0.25, 0.3) is 7.82 Å². The topological polar surface area (TPSA) is 134 Å². The van der Waals surface area contributed by atoms with Crippen molar-refractivity contribution in [1.29, 1.82) is 0 Å². The lowest BCUT2D eigenvalue weighted by Crippen LogP contribution is -2.16. The lowest BCUT2D eigenvalue weighted by atomic mass is 10.4. The number of aryl methyl sites for hydroxylation is 2. The highest BCUT2D eigenvalue weighted by Gasteiger charge is 1.98. The van der Waals surface area contributed by atoms with E-state index in [-0.39, 0.29) is 0 Å². The third-order valence-corrected chi connectivity index (χ3v) is 1.05. The summed E-state index contributed by atoms with van der Waals surface area (Å²) in [5.41, 5.74) is 7.38. The molecule has 0 saturated carbocycles. The second kappa shape index (κ2) is 5.02. The Bertz CT molecular complexity index is 292. The molecular weight excluding hydrogens is 209 g/mol. The molecule has 0 spiro atoms. The van der Waals surface area contributed by atoms with Crippen LogP contribution in [0.15, 0.2) is 6.07 Å². The molecule has 80 valence electrons. The third-order valence-electron chi connectivity index (χ3n) is 1.05. The molecule has 0 aromatic carbocycles. The van der Waals surface area contributed by atoms with E-state index in [2.05, 4.69) is 9.97 Å². The van der Waals surface area contributed by atoms with Crippen molar-refractivity contribution in [2.24, 2.45) is 0 Å². The van der Waals surface area contributed by atoms with E-state index in [9.17, 15) is 0 Å². The summed E-state index contributed by atoms with van der Waals surface area (Å²) in [6.45, 7) is 3.86. The molecule has 5 N–H and O–H groups in total. The summed E-state index contributed by atoms with van der Waals surface area (Å²) in [6.07, 6.45) is 0. The van der Waals surface area contributed by atoms with Crippen LogP contribution in [0.2, 0.25) is 0 Å². The quantitative estimate of drug-likeness (QED) is 0.458. The highest BCUT2D eigenvalue weighted by Crippen LogP contribution is 2.18. The Morgan fingerprint density at radius 2 is 2.00 bits per heavy atom. The number of nitrogens with two attached hydrogens (primary N) is 1. The van der Waals surface area contributed by atoms with Crippen LogP contribution in [0.5, 0.6) is 0 Å². The van der Waals surface area contributed by atoms with Gasteiger partial charge in [-0.15, -0.1) is 0 Å². The fraction of sp³-hybridized carbons (Fsp3) is 0.333. The number of H-pyrrole nitrogens is 1. The largest absolute Gasteiger partial charge is 0.756 e. The average Bonchev–Trinajstić information content (AvgIpc) is 1.77. The Balaban J connectivity index is 0.000000292. The SMILES string of the molecule is Cc1cc(C)[nH+]c(N)n1.O=P([O-])(O)O. The van der Waals surface area contributed by atoms with Gasteiger partial charge in [0.2, 0.25) is 0 Å². The fourth-order valence-corrected chi connectivity index (χ4v) is 0.802. The van der Waals surface area contributed by atoms with Crippen molar-refractivity contribution in [3.05, 3.63) is 17.5 Å². The zero-order chi connectivity index (χ0) is 11.4. The zero-order valence-electron chi connectivity index (χ0n) is 7.76. The predicted octanol–water partition coefficient (Wildman–Crippen LogP) is -1.47. The van der Waals surface area contributed by atoms with Crippen LogP contribution >= 0.6 is 7.82 Å². The van der Waals surface area contributed by atoms with Crippen LogP contribution in [0.1, 0.15) is 11.4 Å². The Morgan fingerprint density at radius 1 is 1.57 bits per heavy atom. The minimum absolute atomic E-state index is 0.479. The molecule has 1 aromatic rings. The van der Waals surface area contributed by atoms with Crippen molar-refractivity contribution in [3.8, 4) is 0 Å². The van der Waals surface area contributed by atoms with Crippen LogP contribution in [-0.2, 0) is 4.57 Å². The van der Waals surface area contributed by atoms with Gasteiger partial charge in [-0.25, -0.2) is 4.98 Å². The van der Waals surface area contributed by atoms with Crippen molar-refractivity contribution < 1.29 is 24.2 Å². The maximum atomic E-state index is 8.77. The summed E-state index contributed by atoms with van der Waals surface area (Å²) < 4.78 is 8.77. The molecule has 1 rings (SSSR count). The number of phosphoric acid groups is 1. The number of hydrogen-bond acceptors (Lipinski definition) is 4. The molecule has 0 unspecified atom stereocenters. The van der Waals surface area contributed by atoms with Crippen molar-refractivity contribution in [1.82, 2.24) is 4.98 Å². The molecule has 1 heterocycles. The number of hydrogen-bond donors (Lipinski definition) is 3. The van der Waals surface area contributed by atoms with E-state index in [0.717, 1.165) is 11.4 Å². The zero-order valence-corrected chi connectivity index (χ0v) is 8.65. The minimum Gasteiger partial charge on any atom is -0.756 e. The van der Waals surface area contributed by atoms with Crippen LogP contribution in [0.4, 0.5) is 5.95 Å². The van der Waals surface area contributed by atoms with Gasteiger partial charge in [-0.1, -0.05) is 4.98 Å². The summed E-state index contributed by atoms with van der Waals surface area (Å²) in [4.78, 5) is 29.8. The van der Waals surface area contributed by atoms with Gasteiger partial charge in [0, 0.05) is 6.07 Å². The highest BCUT2D eigenvalue weighted by atomic mass is 31.2. The number of nitrogens with zero attached hydrogens (tertiary/aromatic N) is 1. The van der Waals surface area contributed by atoms with Crippen LogP contribution in [0.3, 0.4) is 0 Å². The molecule has 7 nitrogen and oxygen atoms in total. The highest BCUT2D eigenvalue weighted by molar-refractivity contribution is 7.43.